The molecule has 0 unspecified atom stereocenters. The average Bonchev–Trinajstić information content (AvgIpc) is 2.61. The van der Waals surface area contributed by atoms with Crippen molar-refractivity contribution in [2.24, 2.45) is 0 Å². The van der Waals surface area contributed by atoms with Gasteiger partial charge in [-0.15, -0.1) is 0 Å². The van der Waals surface area contributed by atoms with Crippen molar-refractivity contribution in [1.29, 1.82) is 0 Å². The lowest BCUT2D eigenvalue weighted by molar-refractivity contribution is -0.137. The number of nitrogens with zero attached hydrogens (tertiary/aromatic N) is 1. The fraction of sp³-hybridized carbons (Fsp3) is 0.235. The lowest BCUT2D eigenvalue weighted by Gasteiger charge is -2.09. The van der Waals surface area contributed by atoms with Gasteiger partial charge in [0.05, 0.1) is 11.1 Å². The summed E-state index contributed by atoms with van der Waals surface area (Å²) in [7, 11) is 0. The Balaban J connectivity index is 1.71. The zero-order valence-corrected chi connectivity index (χ0v) is 13.1. The number of nitrogens with one attached hydrogen (secondary N) is 2. The second-order valence-corrected chi connectivity index (χ2v) is 5.18. The highest BCUT2D eigenvalue weighted by atomic mass is 19.4. The van der Waals surface area contributed by atoms with Gasteiger partial charge in [-0.1, -0.05) is 0 Å². The number of carbonyl (C=O) groups excluding carboxylic acids is 2. The minimum Gasteiger partial charge on any atom is -0.352 e. The molecule has 2 amide bonds. The quantitative estimate of drug-likeness (QED) is 0.786. The predicted octanol–water partition coefficient (Wildman–Crippen LogP) is 2.65. The van der Waals surface area contributed by atoms with Crippen molar-refractivity contribution in [3.8, 4) is 0 Å². The Kier molecular flexibility index (Phi) is 6.10. The summed E-state index contributed by atoms with van der Waals surface area (Å²) >= 11 is 0. The summed E-state index contributed by atoms with van der Waals surface area (Å²) in [6.45, 7) is 0.633. The third kappa shape index (κ3) is 5.59. The Morgan fingerprint density at radius 1 is 0.920 bits per heavy atom. The van der Waals surface area contributed by atoms with E-state index in [4.69, 9.17) is 0 Å². The van der Waals surface area contributed by atoms with E-state index in [2.05, 4.69) is 15.6 Å². The highest BCUT2D eigenvalue weighted by molar-refractivity contribution is 5.94. The van der Waals surface area contributed by atoms with Crippen LogP contribution in [0.3, 0.4) is 0 Å². The van der Waals surface area contributed by atoms with Crippen molar-refractivity contribution in [1.82, 2.24) is 15.6 Å². The van der Waals surface area contributed by atoms with Crippen molar-refractivity contribution in [2.75, 3.05) is 13.1 Å². The molecule has 25 heavy (non-hydrogen) atoms. The third-order valence-corrected chi connectivity index (χ3v) is 3.32. The molecule has 2 rings (SSSR count). The molecular weight excluding hydrogens is 335 g/mol. The van der Waals surface area contributed by atoms with Gasteiger partial charge in [-0.25, -0.2) is 0 Å². The third-order valence-electron chi connectivity index (χ3n) is 3.32. The van der Waals surface area contributed by atoms with Gasteiger partial charge in [0, 0.05) is 31.0 Å². The average molecular weight is 351 g/mol. The van der Waals surface area contributed by atoms with E-state index in [-0.39, 0.29) is 18.0 Å². The molecule has 1 heterocycles. The second kappa shape index (κ2) is 8.27. The van der Waals surface area contributed by atoms with Crippen LogP contribution >= 0.6 is 0 Å². The molecule has 0 aliphatic rings. The fourth-order valence-corrected chi connectivity index (χ4v) is 2.00. The van der Waals surface area contributed by atoms with Crippen LogP contribution in [0.2, 0.25) is 0 Å². The largest absolute Gasteiger partial charge is 0.416 e. The summed E-state index contributed by atoms with van der Waals surface area (Å²) in [6.07, 6.45) is -0.935. The molecule has 0 radical (unpaired) electrons. The first-order valence-corrected chi connectivity index (χ1v) is 7.51. The summed E-state index contributed by atoms with van der Waals surface area (Å²) in [5.74, 6) is -0.727. The Morgan fingerprint density at radius 3 is 2.04 bits per heavy atom. The number of benzene rings is 1. The predicted molar refractivity (Wildman–Crippen MR) is 85.0 cm³/mol. The minimum atomic E-state index is -4.43. The zero-order valence-electron chi connectivity index (χ0n) is 13.1. The summed E-state index contributed by atoms with van der Waals surface area (Å²) in [5, 5.41) is 5.27. The summed E-state index contributed by atoms with van der Waals surface area (Å²) in [4.78, 5) is 27.4. The number of rotatable bonds is 6. The molecule has 0 atom stereocenters. The zero-order chi connectivity index (χ0) is 18.3. The summed E-state index contributed by atoms with van der Waals surface area (Å²) < 4.78 is 37.4. The van der Waals surface area contributed by atoms with Gasteiger partial charge in [0.25, 0.3) is 11.8 Å². The highest BCUT2D eigenvalue weighted by Gasteiger charge is 2.30. The van der Waals surface area contributed by atoms with Crippen LogP contribution in [0, 0.1) is 0 Å². The fourth-order valence-electron chi connectivity index (χ4n) is 2.00. The smallest absolute Gasteiger partial charge is 0.352 e. The van der Waals surface area contributed by atoms with E-state index < -0.39 is 17.6 Å². The van der Waals surface area contributed by atoms with Gasteiger partial charge < -0.3 is 10.6 Å². The van der Waals surface area contributed by atoms with E-state index in [1.165, 1.54) is 6.20 Å². The molecule has 2 N–H and O–H groups in total. The SMILES string of the molecule is O=C(NCCCNC(=O)c1cccnc1)c1ccc(C(F)(F)F)cc1. The molecule has 1 aromatic carbocycles. The maximum Gasteiger partial charge on any atom is 0.416 e. The van der Waals surface area contributed by atoms with Crippen LogP contribution in [-0.4, -0.2) is 29.9 Å². The van der Waals surface area contributed by atoms with Crippen LogP contribution in [0.5, 0.6) is 0 Å². The van der Waals surface area contributed by atoms with Crippen LogP contribution in [0.1, 0.15) is 32.7 Å². The first-order valence-electron chi connectivity index (χ1n) is 7.51. The van der Waals surface area contributed by atoms with Gasteiger partial charge in [-0.3, -0.25) is 14.6 Å². The first-order chi connectivity index (χ1) is 11.9. The van der Waals surface area contributed by atoms with Crippen LogP contribution < -0.4 is 10.6 Å². The van der Waals surface area contributed by atoms with E-state index >= 15 is 0 Å². The van der Waals surface area contributed by atoms with Gasteiger partial charge in [-0.05, 0) is 42.8 Å². The number of halogens is 3. The van der Waals surface area contributed by atoms with Crippen molar-refractivity contribution < 1.29 is 22.8 Å². The van der Waals surface area contributed by atoms with E-state index in [9.17, 15) is 22.8 Å². The minimum absolute atomic E-state index is 0.146. The van der Waals surface area contributed by atoms with Gasteiger partial charge in [0.2, 0.25) is 0 Å². The molecule has 0 bridgehead atoms. The molecule has 0 aliphatic heterocycles. The number of alkyl halides is 3. The molecule has 0 fully saturated rings. The summed E-state index contributed by atoms with van der Waals surface area (Å²) in [6, 6.07) is 7.27. The standard InChI is InChI=1S/C17H16F3N3O2/c18-17(19,20)14-6-4-12(5-7-14)15(24)22-9-2-10-23-16(25)13-3-1-8-21-11-13/h1,3-8,11H,2,9-10H2,(H,22,24)(H,23,25). The van der Waals surface area contributed by atoms with Crippen LogP contribution in [0.4, 0.5) is 13.2 Å². The molecule has 132 valence electrons. The number of hydrogen-bond donors (Lipinski definition) is 2. The van der Waals surface area contributed by atoms with E-state index in [1.54, 1.807) is 18.3 Å². The van der Waals surface area contributed by atoms with Gasteiger partial charge in [0.1, 0.15) is 0 Å². The first kappa shape index (κ1) is 18.4. The van der Waals surface area contributed by atoms with Crippen LogP contribution in [0.15, 0.2) is 48.8 Å². The highest BCUT2D eigenvalue weighted by Crippen LogP contribution is 2.28. The molecule has 1 aromatic heterocycles. The maximum atomic E-state index is 12.5. The number of aromatic nitrogens is 1. The molecule has 0 saturated heterocycles. The Hall–Kier alpha value is -2.90. The lowest BCUT2D eigenvalue weighted by atomic mass is 10.1. The topological polar surface area (TPSA) is 71.1 Å². The lowest BCUT2D eigenvalue weighted by Crippen LogP contribution is -2.30. The van der Waals surface area contributed by atoms with Crippen LogP contribution in [0.25, 0.3) is 0 Å². The van der Waals surface area contributed by atoms with Gasteiger partial charge in [0.15, 0.2) is 0 Å². The number of carbonyl (C=O) groups is 2. The van der Waals surface area contributed by atoms with E-state index in [0.29, 0.717) is 18.5 Å². The van der Waals surface area contributed by atoms with Crippen molar-refractivity contribution in [3.05, 3.63) is 65.5 Å². The Bertz CT molecular complexity index is 716. The molecule has 8 heteroatoms. The summed E-state index contributed by atoms with van der Waals surface area (Å²) in [5.41, 5.74) is -0.217. The van der Waals surface area contributed by atoms with Gasteiger partial charge in [-0.2, -0.15) is 13.2 Å². The van der Waals surface area contributed by atoms with Crippen LogP contribution in [-0.2, 0) is 6.18 Å². The van der Waals surface area contributed by atoms with Gasteiger partial charge >= 0.3 is 6.18 Å². The Morgan fingerprint density at radius 2 is 1.52 bits per heavy atom. The molecular formula is C17H16F3N3O2. The van der Waals surface area contributed by atoms with E-state index in [0.717, 1.165) is 24.3 Å². The molecule has 0 spiro atoms. The van der Waals surface area contributed by atoms with Crippen molar-refractivity contribution in [3.63, 3.8) is 0 Å². The molecule has 5 nitrogen and oxygen atoms in total. The normalized spacial score (nSPS) is 11.0. The maximum absolute atomic E-state index is 12.5. The molecule has 0 saturated carbocycles. The second-order valence-electron chi connectivity index (χ2n) is 5.18. The number of amides is 2. The van der Waals surface area contributed by atoms with E-state index in [1.807, 2.05) is 0 Å². The monoisotopic (exact) mass is 351 g/mol. The number of pyridine rings is 1. The van der Waals surface area contributed by atoms with Crippen molar-refractivity contribution in [2.45, 2.75) is 12.6 Å². The van der Waals surface area contributed by atoms with Crippen molar-refractivity contribution >= 4 is 11.8 Å². The Labute approximate surface area is 142 Å². The number of hydrogen-bond acceptors (Lipinski definition) is 3. The molecule has 2 aromatic rings. The molecule has 0 aliphatic carbocycles.